The van der Waals surface area contributed by atoms with Crippen LogP contribution in [0.2, 0.25) is 0 Å². The second kappa shape index (κ2) is 9.04. The molecular weight excluding hydrogens is 330 g/mol. The van der Waals surface area contributed by atoms with Crippen molar-refractivity contribution in [2.45, 2.75) is 39.7 Å². The Morgan fingerprint density at radius 3 is 2.08 bits per heavy atom. The average molecular weight is 355 g/mol. The fourth-order valence-corrected chi connectivity index (χ4v) is 2.30. The summed E-state index contributed by atoms with van der Waals surface area (Å²) >= 11 is 0. The summed E-state index contributed by atoms with van der Waals surface area (Å²) in [6.45, 7) is 7.73. The Kier molecular flexibility index (Phi) is 6.78. The van der Waals surface area contributed by atoms with E-state index in [0.717, 1.165) is 0 Å². The van der Waals surface area contributed by atoms with Crippen molar-refractivity contribution in [3.05, 3.63) is 59.7 Å². The second-order valence-corrected chi connectivity index (χ2v) is 6.59. The van der Waals surface area contributed by atoms with Crippen molar-refractivity contribution >= 4 is 17.6 Å². The van der Waals surface area contributed by atoms with E-state index in [1.165, 1.54) is 5.56 Å². The summed E-state index contributed by atoms with van der Waals surface area (Å²) < 4.78 is 10.6. The van der Waals surface area contributed by atoms with Crippen molar-refractivity contribution in [2.75, 3.05) is 11.9 Å². The monoisotopic (exact) mass is 355 g/mol. The highest BCUT2D eigenvalue weighted by Crippen LogP contribution is 2.17. The van der Waals surface area contributed by atoms with E-state index in [0.29, 0.717) is 22.9 Å². The van der Waals surface area contributed by atoms with Gasteiger partial charge in [-0.25, -0.2) is 4.79 Å². The molecule has 0 aliphatic carbocycles. The smallest absolute Gasteiger partial charge is 0.338 e. The number of carbonyl (C=O) groups is 2. The molecule has 2 aromatic carbocycles. The third-order valence-corrected chi connectivity index (χ3v) is 3.66. The van der Waals surface area contributed by atoms with Crippen LogP contribution in [0.25, 0.3) is 0 Å². The first-order valence-corrected chi connectivity index (χ1v) is 8.69. The van der Waals surface area contributed by atoms with E-state index >= 15 is 0 Å². The quantitative estimate of drug-likeness (QED) is 0.748. The molecule has 0 saturated heterocycles. The van der Waals surface area contributed by atoms with Crippen molar-refractivity contribution < 1.29 is 19.1 Å². The lowest BCUT2D eigenvalue weighted by Crippen LogP contribution is -2.20. The first kappa shape index (κ1) is 19.5. The number of anilines is 1. The largest absolute Gasteiger partial charge is 0.491 e. The van der Waals surface area contributed by atoms with Gasteiger partial charge in [0.25, 0.3) is 5.91 Å². The molecule has 26 heavy (non-hydrogen) atoms. The van der Waals surface area contributed by atoms with Gasteiger partial charge in [0.05, 0.1) is 11.7 Å². The Morgan fingerprint density at radius 2 is 1.54 bits per heavy atom. The molecule has 0 aliphatic rings. The van der Waals surface area contributed by atoms with Crippen molar-refractivity contribution in [1.29, 1.82) is 0 Å². The Hall–Kier alpha value is -2.82. The molecule has 0 spiro atoms. The van der Waals surface area contributed by atoms with Gasteiger partial charge in [0, 0.05) is 5.69 Å². The van der Waals surface area contributed by atoms with Crippen LogP contribution in [0.4, 0.5) is 5.69 Å². The summed E-state index contributed by atoms with van der Waals surface area (Å²) in [5.41, 5.74) is 2.24. The van der Waals surface area contributed by atoms with Crippen LogP contribution in [-0.4, -0.2) is 24.6 Å². The molecular formula is C21H25NO4. The third kappa shape index (κ3) is 5.92. The standard InChI is InChI=1S/C21H25NO4/c1-14(2)16-5-9-18(10-6-16)22-20(23)13-25-21(24)17-7-11-19(12-8-17)26-15(3)4/h5-12,14-15H,13H2,1-4H3,(H,22,23). The van der Waals surface area contributed by atoms with Crippen LogP contribution in [0.1, 0.15) is 49.5 Å². The normalized spacial score (nSPS) is 10.7. The predicted molar refractivity (Wildman–Crippen MR) is 102 cm³/mol. The number of carbonyl (C=O) groups excluding carboxylic acids is 2. The lowest BCUT2D eigenvalue weighted by molar-refractivity contribution is -0.119. The number of esters is 1. The molecule has 5 nitrogen and oxygen atoms in total. The Balaban J connectivity index is 1.83. The van der Waals surface area contributed by atoms with E-state index in [2.05, 4.69) is 19.2 Å². The van der Waals surface area contributed by atoms with E-state index < -0.39 is 5.97 Å². The zero-order valence-corrected chi connectivity index (χ0v) is 15.6. The van der Waals surface area contributed by atoms with E-state index in [1.54, 1.807) is 24.3 Å². The van der Waals surface area contributed by atoms with Gasteiger partial charge in [0.15, 0.2) is 6.61 Å². The minimum Gasteiger partial charge on any atom is -0.491 e. The van der Waals surface area contributed by atoms with Crippen molar-refractivity contribution in [2.24, 2.45) is 0 Å². The minimum atomic E-state index is -0.550. The molecule has 138 valence electrons. The molecule has 1 amide bonds. The van der Waals surface area contributed by atoms with Crippen LogP contribution >= 0.6 is 0 Å². The van der Waals surface area contributed by atoms with Gasteiger partial charge in [-0.3, -0.25) is 4.79 Å². The van der Waals surface area contributed by atoms with Crippen LogP contribution in [0.5, 0.6) is 5.75 Å². The van der Waals surface area contributed by atoms with Gasteiger partial charge in [0.2, 0.25) is 0 Å². The van der Waals surface area contributed by atoms with E-state index in [1.807, 2.05) is 38.1 Å². The molecule has 0 bridgehead atoms. The zero-order valence-electron chi connectivity index (χ0n) is 15.6. The first-order valence-electron chi connectivity index (χ1n) is 8.69. The van der Waals surface area contributed by atoms with Crippen molar-refractivity contribution in [3.63, 3.8) is 0 Å². The lowest BCUT2D eigenvalue weighted by Gasteiger charge is -2.10. The zero-order chi connectivity index (χ0) is 19.1. The van der Waals surface area contributed by atoms with E-state index in [-0.39, 0.29) is 18.6 Å². The van der Waals surface area contributed by atoms with Crippen LogP contribution in [0.3, 0.4) is 0 Å². The molecule has 0 radical (unpaired) electrons. The molecule has 0 unspecified atom stereocenters. The van der Waals surface area contributed by atoms with Gasteiger partial charge < -0.3 is 14.8 Å². The lowest BCUT2D eigenvalue weighted by atomic mass is 10.0. The highest BCUT2D eigenvalue weighted by molar-refractivity contribution is 5.95. The Bertz CT molecular complexity index is 734. The van der Waals surface area contributed by atoms with E-state index in [4.69, 9.17) is 9.47 Å². The molecule has 0 atom stereocenters. The summed E-state index contributed by atoms with van der Waals surface area (Å²) in [5.74, 6) is 0.180. The van der Waals surface area contributed by atoms with Crippen LogP contribution in [-0.2, 0) is 9.53 Å². The minimum absolute atomic E-state index is 0.0612. The second-order valence-electron chi connectivity index (χ2n) is 6.59. The highest BCUT2D eigenvalue weighted by Gasteiger charge is 2.11. The number of rotatable bonds is 7. The molecule has 0 aliphatic heterocycles. The summed E-state index contributed by atoms with van der Waals surface area (Å²) in [7, 11) is 0. The molecule has 0 heterocycles. The van der Waals surface area contributed by atoms with Crippen LogP contribution in [0, 0.1) is 0 Å². The fraction of sp³-hybridized carbons (Fsp3) is 0.333. The van der Waals surface area contributed by atoms with Crippen LogP contribution < -0.4 is 10.1 Å². The predicted octanol–water partition coefficient (Wildman–Crippen LogP) is 4.39. The highest BCUT2D eigenvalue weighted by atomic mass is 16.5. The maximum absolute atomic E-state index is 12.0. The number of ether oxygens (including phenoxy) is 2. The van der Waals surface area contributed by atoms with Crippen molar-refractivity contribution in [1.82, 2.24) is 0 Å². The Labute approximate surface area is 154 Å². The molecule has 1 N–H and O–H groups in total. The average Bonchev–Trinajstić information content (AvgIpc) is 2.60. The number of hydrogen-bond acceptors (Lipinski definition) is 4. The topological polar surface area (TPSA) is 64.6 Å². The van der Waals surface area contributed by atoms with Gasteiger partial charge in [0.1, 0.15) is 5.75 Å². The van der Waals surface area contributed by atoms with Gasteiger partial charge >= 0.3 is 5.97 Å². The van der Waals surface area contributed by atoms with Gasteiger partial charge in [-0.1, -0.05) is 26.0 Å². The summed E-state index contributed by atoms with van der Waals surface area (Å²) in [6.07, 6.45) is 0.0612. The molecule has 2 rings (SSSR count). The summed E-state index contributed by atoms with van der Waals surface area (Å²) in [6, 6.07) is 14.2. The molecule has 0 fully saturated rings. The molecule has 5 heteroatoms. The van der Waals surface area contributed by atoms with Gasteiger partial charge in [-0.2, -0.15) is 0 Å². The molecule has 0 aromatic heterocycles. The SMILES string of the molecule is CC(C)Oc1ccc(C(=O)OCC(=O)Nc2ccc(C(C)C)cc2)cc1. The van der Waals surface area contributed by atoms with Crippen molar-refractivity contribution in [3.8, 4) is 5.75 Å². The molecule has 2 aromatic rings. The first-order chi connectivity index (χ1) is 12.3. The maximum Gasteiger partial charge on any atom is 0.338 e. The van der Waals surface area contributed by atoms with Gasteiger partial charge in [-0.15, -0.1) is 0 Å². The Morgan fingerprint density at radius 1 is 0.923 bits per heavy atom. The van der Waals surface area contributed by atoms with Gasteiger partial charge in [-0.05, 0) is 61.7 Å². The fourth-order valence-electron chi connectivity index (χ4n) is 2.30. The number of hydrogen-bond donors (Lipinski definition) is 1. The number of benzene rings is 2. The third-order valence-electron chi connectivity index (χ3n) is 3.66. The number of nitrogens with one attached hydrogen (secondary N) is 1. The molecule has 0 saturated carbocycles. The van der Waals surface area contributed by atoms with E-state index in [9.17, 15) is 9.59 Å². The number of amides is 1. The maximum atomic E-state index is 12.0. The summed E-state index contributed by atoms with van der Waals surface area (Å²) in [4.78, 5) is 23.9. The van der Waals surface area contributed by atoms with Crippen LogP contribution in [0.15, 0.2) is 48.5 Å². The summed E-state index contributed by atoms with van der Waals surface area (Å²) in [5, 5.41) is 2.71.